The lowest BCUT2D eigenvalue weighted by atomic mass is 9.82. The van der Waals surface area contributed by atoms with E-state index in [0.29, 0.717) is 11.5 Å². The van der Waals surface area contributed by atoms with Crippen molar-refractivity contribution in [3.8, 4) is 0 Å². The van der Waals surface area contributed by atoms with Crippen molar-refractivity contribution in [3.05, 3.63) is 70.8 Å². The summed E-state index contributed by atoms with van der Waals surface area (Å²) in [5, 5.41) is 0. The number of ether oxygens (including phenoxy) is 1. The average Bonchev–Trinajstić information content (AvgIpc) is 2.84. The Bertz CT molecular complexity index is 783. The number of esters is 1. The molecule has 0 amide bonds. The fourth-order valence-corrected chi connectivity index (χ4v) is 4.81. The van der Waals surface area contributed by atoms with Crippen LogP contribution in [0.25, 0.3) is 0 Å². The molecule has 0 aliphatic heterocycles. The number of unbranched alkanes of at least 4 members (excludes halogenated alkanes) is 5. The van der Waals surface area contributed by atoms with Crippen molar-refractivity contribution in [1.29, 1.82) is 0 Å². The molecule has 0 unspecified atom stereocenters. The van der Waals surface area contributed by atoms with Crippen LogP contribution < -0.4 is 0 Å². The van der Waals surface area contributed by atoms with Gasteiger partial charge in [-0.05, 0) is 86.1 Å². The topological polar surface area (TPSA) is 26.3 Å². The highest BCUT2D eigenvalue weighted by Crippen LogP contribution is 2.34. The van der Waals surface area contributed by atoms with Crippen LogP contribution in [-0.4, -0.2) is 12.1 Å². The zero-order chi connectivity index (χ0) is 22.6. The molecule has 2 aromatic carbocycles. The van der Waals surface area contributed by atoms with Crippen molar-refractivity contribution < 1.29 is 9.53 Å². The third-order valence-electron chi connectivity index (χ3n) is 6.98. The SMILES string of the molecule is CCCCCCCc1ccc(C2CCC(OC(=O)c3ccc(CCCC)cc3)CC2)cc1. The third kappa shape index (κ3) is 7.80. The lowest BCUT2D eigenvalue weighted by Crippen LogP contribution is -2.24. The first kappa shape index (κ1) is 24.6. The zero-order valence-corrected chi connectivity index (χ0v) is 20.3. The Morgan fingerprint density at radius 2 is 1.28 bits per heavy atom. The fraction of sp³-hybridized carbons (Fsp3) is 0.567. The van der Waals surface area contributed by atoms with E-state index < -0.39 is 0 Å². The summed E-state index contributed by atoms with van der Waals surface area (Å²) in [5.41, 5.74) is 4.89. The Hall–Kier alpha value is -2.09. The van der Waals surface area contributed by atoms with Crippen LogP contribution in [-0.2, 0) is 17.6 Å². The molecule has 0 heterocycles. The van der Waals surface area contributed by atoms with Crippen molar-refractivity contribution in [2.45, 2.75) is 109 Å². The van der Waals surface area contributed by atoms with E-state index in [1.807, 2.05) is 12.1 Å². The van der Waals surface area contributed by atoms with Gasteiger partial charge in [0, 0.05) is 0 Å². The normalized spacial score (nSPS) is 18.4. The molecule has 1 fully saturated rings. The fourth-order valence-electron chi connectivity index (χ4n) is 4.81. The van der Waals surface area contributed by atoms with E-state index in [9.17, 15) is 4.79 Å². The number of aryl methyl sites for hydroxylation is 2. The number of benzene rings is 2. The monoisotopic (exact) mass is 434 g/mol. The second-order valence-corrected chi connectivity index (χ2v) is 9.59. The van der Waals surface area contributed by atoms with Gasteiger partial charge in [0.25, 0.3) is 0 Å². The second-order valence-electron chi connectivity index (χ2n) is 9.59. The number of hydrogen-bond donors (Lipinski definition) is 0. The molecule has 1 saturated carbocycles. The summed E-state index contributed by atoms with van der Waals surface area (Å²) in [6, 6.07) is 17.3. The van der Waals surface area contributed by atoms with Crippen molar-refractivity contribution in [3.63, 3.8) is 0 Å². The van der Waals surface area contributed by atoms with Gasteiger partial charge in [0.1, 0.15) is 6.10 Å². The molecule has 0 radical (unpaired) electrons. The van der Waals surface area contributed by atoms with Gasteiger partial charge in [0.05, 0.1) is 5.56 Å². The summed E-state index contributed by atoms with van der Waals surface area (Å²) in [6.45, 7) is 4.47. The molecule has 0 bridgehead atoms. The standard InChI is InChI=1S/C30H42O2/c1-3-5-7-8-9-11-25-12-16-26(17-13-25)27-20-22-29(23-21-27)32-30(31)28-18-14-24(15-19-28)10-6-4-2/h12-19,27,29H,3-11,20-23H2,1-2H3. The Labute approximate surface area is 195 Å². The van der Waals surface area contributed by atoms with Crippen LogP contribution in [0.1, 0.15) is 117 Å². The van der Waals surface area contributed by atoms with E-state index in [-0.39, 0.29) is 12.1 Å². The van der Waals surface area contributed by atoms with Crippen LogP contribution in [0.5, 0.6) is 0 Å². The molecule has 174 valence electrons. The molecule has 0 aromatic heterocycles. The molecular formula is C30H42O2. The van der Waals surface area contributed by atoms with E-state index in [1.165, 1.54) is 68.1 Å². The molecule has 2 nitrogen and oxygen atoms in total. The minimum atomic E-state index is -0.168. The maximum absolute atomic E-state index is 12.5. The number of carbonyl (C=O) groups is 1. The van der Waals surface area contributed by atoms with Crippen molar-refractivity contribution >= 4 is 5.97 Å². The smallest absolute Gasteiger partial charge is 0.338 e. The van der Waals surface area contributed by atoms with Gasteiger partial charge in [-0.15, -0.1) is 0 Å². The Kier molecular flexibility index (Phi) is 10.3. The first-order chi connectivity index (χ1) is 15.7. The second kappa shape index (κ2) is 13.5. The molecule has 1 aliphatic carbocycles. The van der Waals surface area contributed by atoms with Crippen LogP contribution in [0, 0.1) is 0 Å². The average molecular weight is 435 g/mol. The predicted octanol–water partition coefficient (Wildman–Crippen LogP) is 8.43. The zero-order valence-electron chi connectivity index (χ0n) is 20.3. The maximum atomic E-state index is 12.5. The molecule has 0 atom stereocenters. The Morgan fingerprint density at radius 3 is 1.91 bits per heavy atom. The highest BCUT2D eigenvalue weighted by atomic mass is 16.5. The highest BCUT2D eigenvalue weighted by Gasteiger charge is 2.25. The summed E-state index contributed by atoms with van der Waals surface area (Å²) < 4.78 is 5.83. The van der Waals surface area contributed by atoms with Gasteiger partial charge in [0.2, 0.25) is 0 Å². The largest absolute Gasteiger partial charge is 0.459 e. The third-order valence-corrected chi connectivity index (χ3v) is 6.98. The van der Waals surface area contributed by atoms with Crippen molar-refractivity contribution in [1.82, 2.24) is 0 Å². The van der Waals surface area contributed by atoms with E-state index in [4.69, 9.17) is 4.74 Å². The van der Waals surface area contributed by atoms with E-state index in [1.54, 1.807) is 0 Å². The molecular weight excluding hydrogens is 392 g/mol. The first-order valence-corrected chi connectivity index (χ1v) is 13.1. The highest BCUT2D eigenvalue weighted by molar-refractivity contribution is 5.89. The summed E-state index contributed by atoms with van der Waals surface area (Å²) in [7, 11) is 0. The lowest BCUT2D eigenvalue weighted by Gasteiger charge is -2.28. The van der Waals surface area contributed by atoms with E-state index in [2.05, 4.69) is 50.2 Å². The van der Waals surface area contributed by atoms with Gasteiger partial charge in [-0.3, -0.25) is 0 Å². The Morgan fingerprint density at radius 1 is 0.719 bits per heavy atom. The van der Waals surface area contributed by atoms with E-state index >= 15 is 0 Å². The van der Waals surface area contributed by atoms with E-state index in [0.717, 1.165) is 32.1 Å². The van der Waals surface area contributed by atoms with Gasteiger partial charge in [-0.2, -0.15) is 0 Å². The maximum Gasteiger partial charge on any atom is 0.338 e. The Balaban J connectivity index is 1.40. The van der Waals surface area contributed by atoms with Crippen LogP contribution in [0.15, 0.2) is 48.5 Å². The van der Waals surface area contributed by atoms with Gasteiger partial charge in [0.15, 0.2) is 0 Å². The first-order valence-electron chi connectivity index (χ1n) is 13.1. The lowest BCUT2D eigenvalue weighted by molar-refractivity contribution is 0.0195. The molecule has 0 spiro atoms. The number of carbonyl (C=O) groups excluding carboxylic acids is 1. The summed E-state index contributed by atoms with van der Waals surface area (Å²) in [4.78, 5) is 12.5. The van der Waals surface area contributed by atoms with Crippen molar-refractivity contribution in [2.24, 2.45) is 0 Å². The van der Waals surface area contributed by atoms with Gasteiger partial charge in [-0.1, -0.05) is 82.3 Å². The predicted molar refractivity (Wildman–Crippen MR) is 134 cm³/mol. The molecule has 0 N–H and O–H groups in total. The number of rotatable bonds is 12. The van der Waals surface area contributed by atoms with Crippen LogP contribution in [0.2, 0.25) is 0 Å². The minimum Gasteiger partial charge on any atom is -0.459 e. The van der Waals surface area contributed by atoms with Gasteiger partial charge < -0.3 is 4.74 Å². The van der Waals surface area contributed by atoms with Gasteiger partial charge in [-0.25, -0.2) is 4.79 Å². The molecule has 2 heteroatoms. The van der Waals surface area contributed by atoms with Crippen LogP contribution in [0.3, 0.4) is 0 Å². The minimum absolute atomic E-state index is 0.0564. The van der Waals surface area contributed by atoms with Crippen LogP contribution >= 0.6 is 0 Å². The van der Waals surface area contributed by atoms with Crippen molar-refractivity contribution in [2.75, 3.05) is 0 Å². The number of hydrogen-bond acceptors (Lipinski definition) is 2. The summed E-state index contributed by atoms with van der Waals surface area (Å²) in [6.07, 6.45) is 15.5. The summed E-state index contributed by atoms with van der Waals surface area (Å²) in [5.74, 6) is 0.431. The van der Waals surface area contributed by atoms with Crippen LogP contribution in [0.4, 0.5) is 0 Å². The molecule has 2 aromatic rings. The summed E-state index contributed by atoms with van der Waals surface area (Å²) >= 11 is 0. The quantitative estimate of drug-likeness (QED) is 0.247. The van der Waals surface area contributed by atoms with Gasteiger partial charge >= 0.3 is 5.97 Å². The molecule has 0 saturated heterocycles. The molecule has 1 aliphatic rings. The molecule has 3 rings (SSSR count). The molecule has 32 heavy (non-hydrogen) atoms.